The van der Waals surface area contributed by atoms with Crippen molar-refractivity contribution < 1.29 is 4.79 Å². The van der Waals surface area contributed by atoms with Crippen molar-refractivity contribution in [2.75, 3.05) is 11.1 Å². The predicted molar refractivity (Wildman–Crippen MR) is 97.8 cm³/mol. The molecule has 3 aromatic rings. The van der Waals surface area contributed by atoms with Gasteiger partial charge in [-0.3, -0.25) is 5.10 Å². The summed E-state index contributed by atoms with van der Waals surface area (Å²) in [5.74, 6) is 0.490. The molecule has 0 unspecified atom stereocenters. The van der Waals surface area contributed by atoms with E-state index in [1.807, 2.05) is 63.2 Å². The first-order chi connectivity index (χ1) is 11.3. The van der Waals surface area contributed by atoms with Gasteiger partial charge in [0.2, 0.25) is 0 Å². The third kappa shape index (κ3) is 3.48. The largest absolute Gasteiger partial charge is 0.382 e. The number of anilines is 2. The maximum absolute atomic E-state index is 11.9. The number of nitrogen functional groups attached to an aromatic ring is 1. The Bertz CT molecular complexity index is 875. The second kappa shape index (κ2) is 5.88. The fourth-order valence-electron chi connectivity index (χ4n) is 2.46. The number of H-pyrrole nitrogens is 1. The van der Waals surface area contributed by atoms with Crippen LogP contribution in [0.3, 0.4) is 0 Å². The highest BCUT2D eigenvalue weighted by Gasteiger charge is 2.13. The van der Waals surface area contributed by atoms with E-state index < -0.39 is 0 Å². The average molecular weight is 323 g/mol. The standard InChI is InChI=1S/C18H21N5O/c1-18(2,3)21-17(24)20-13-7-4-11(5-8-13)12-6-9-15-14(10-12)16(19)23-22-15/h4-10H,1-3H3,(H3,19,22,23)(H2,20,21,24). The van der Waals surface area contributed by atoms with Crippen LogP contribution >= 0.6 is 0 Å². The van der Waals surface area contributed by atoms with E-state index in [1.54, 1.807) is 0 Å². The summed E-state index contributed by atoms with van der Waals surface area (Å²) in [7, 11) is 0. The number of aromatic nitrogens is 2. The molecule has 0 spiro atoms. The number of aromatic amines is 1. The number of hydrogen-bond acceptors (Lipinski definition) is 3. The van der Waals surface area contributed by atoms with Crippen molar-refractivity contribution in [3.63, 3.8) is 0 Å². The van der Waals surface area contributed by atoms with Gasteiger partial charge in [0.05, 0.1) is 5.52 Å². The molecule has 0 saturated heterocycles. The average Bonchev–Trinajstić information content (AvgIpc) is 2.87. The highest BCUT2D eigenvalue weighted by molar-refractivity contribution is 5.93. The van der Waals surface area contributed by atoms with E-state index in [9.17, 15) is 4.79 Å². The van der Waals surface area contributed by atoms with Gasteiger partial charge in [-0.2, -0.15) is 5.10 Å². The van der Waals surface area contributed by atoms with Crippen LogP contribution in [0, 0.1) is 0 Å². The summed E-state index contributed by atoms with van der Waals surface area (Å²) in [4.78, 5) is 11.9. The molecule has 2 amide bonds. The lowest BCUT2D eigenvalue weighted by atomic mass is 10.0. The normalized spacial score (nSPS) is 11.5. The summed E-state index contributed by atoms with van der Waals surface area (Å²) >= 11 is 0. The van der Waals surface area contributed by atoms with Gasteiger partial charge in [-0.1, -0.05) is 18.2 Å². The molecule has 0 saturated carbocycles. The second-order valence-electron chi connectivity index (χ2n) is 6.78. The molecule has 3 rings (SSSR count). The number of nitrogens with zero attached hydrogens (tertiary/aromatic N) is 1. The minimum absolute atomic E-state index is 0.220. The van der Waals surface area contributed by atoms with Gasteiger partial charge in [0, 0.05) is 16.6 Å². The Kier molecular flexibility index (Phi) is 3.89. The highest BCUT2D eigenvalue weighted by Crippen LogP contribution is 2.27. The number of fused-ring (bicyclic) bond motifs is 1. The van der Waals surface area contributed by atoms with Gasteiger partial charge in [0.25, 0.3) is 0 Å². The van der Waals surface area contributed by atoms with Crippen LogP contribution in [-0.4, -0.2) is 21.8 Å². The first kappa shape index (κ1) is 15.9. The van der Waals surface area contributed by atoms with E-state index in [0.717, 1.165) is 27.7 Å². The first-order valence-electron chi connectivity index (χ1n) is 7.75. The topological polar surface area (TPSA) is 95.8 Å². The summed E-state index contributed by atoms with van der Waals surface area (Å²) in [5, 5.41) is 13.5. The van der Waals surface area contributed by atoms with Crippen molar-refractivity contribution in [2.45, 2.75) is 26.3 Å². The van der Waals surface area contributed by atoms with Crippen LogP contribution in [0.4, 0.5) is 16.3 Å². The Hall–Kier alpha value is -3.02. The van der Waals surface area contributed by atoms with Crippen LogP contribution < -0.4 is 16.4 Å². The molecule has 0 radical (unpaired) electrons. The molecule has 0 fully saturated rings. The number of hydrogen-bond donors (Lipinski definition) is 4. The zero-order valence-corrected chi connectivity index (χ0v) is 14.0. The number of amides is 2. The molecule has 0 aliphatic heterocycles. The van der Waals surface area contributed by atoms with Crippen LogP contribution in [0.1, 0.15) is 20.8 Å². The Balaban J connectivity index is 1.78. The van der Waals surface area contributed by atoms with Crippen LogP contribution in [0.5, 0.6) is 0 Å². The van der Waals surface area contributed by atoms with E-state index in [0.29, 0.717) is 5.82 Å². The molecule has 5 N–H and O–H groups in total. The molecule has 6 heteroatoms. The molecule has 1 aromatic heterocycles. The molecule has 0 atom stereocenters. The lowest BCUT2D eigenvalue weighted by molar-refractivity contribution is 0.244. The third-order valence-corrected chi connectivity index (χ3v) is 3.56. The van der Waals surface area contributed by atoms with E-state index >= 15 is 0 Å². The summed E-state index contributed by atoms with van der Waals surface area (Å²) < 4.78 is 0. The molecular formula is C18H21N5O. The van der Waals surface area contributed by atoms with Crippen molar-refractivity contribution >= 4 is 28.4 Å². The minimum Gasteiger partial charge on any atom is -0.382 e. The Morgan fingerprint density at radius 3 is 2.42 bits per heavy atom. The van der Waals surface area contributed by atoms with Gasteiger partial charge < -0.3 is 16.4 Å². The molecule has 6 nitrogen and oxygen atoms in total. The number of urea groups is 1. The summed E-state index contributed by atoms with van der Waals surface area (Å²) in [6.45, 7) is 5.81. The molecule has 24 heavy (non-hydrogen) atoms. The lowest BCUT2D eigenvalue weighted by Crippen LogP contribution is -2.43. The summed E-state index contributed by atoms with van der Waals surface area (Å²) in [6.07, 6.45) is 0. The number of benzene rings is 2. The number of rotatable bonds is 2. The molecule has 0 aliphatic carbocycles. The van der Waals surface area contributed by atoms with Crippen molar-refractivity contribution in [3.05, 3.63) is 42.5 Å². The molecule has 124 valence electrons. The quantitative estimate of drug-likeness (QED) is 0.578. The van der Waals surface area contributed by atoms with Gasteiger partial charge in [-0.05, 0) is 56.2 Å². The zero-order valence-electron chi connectivity index (χ0n) is 14.0. The first-order valence-corrected chi connectivity index (χ1v) is 7.75. The Labute approximate surface area is 140 Å². The van der Waals surface area contributed by atoms with Crippen molar-refractivity contribution in [2.24, 2.45) is 0 Å². The van der Waals surface area contributed by atoms with Gasteiger partial charge >= 0.3 is 6.03 Å². The van der Waals surface area contributed by atoms with Gasteiger partial charge in [-0.15, -0.1) is 0 Å². The van der Waals surface area contributed by atoms with E-state index in [1.165, 1.54) is 0 Å². The third-order valence-electron chi connectivity index (χ3n) is 3.56. The minimum atomic E-state index is -0.274. The van der Waals surface area contributed by atoms with Crippen LogP contribution in [-0.2, 0) is 0 Å². The predicted octanol–water partition coefficient (Wildman–Crippen LogP) is 3.73. The zero-order chi connectivity index (χ0) is 17.3. The molecule has 0 bridgehead atoms. The van der Waals surface area contributed by atoms with Crippen molar-refractivity contribution in [1.29, 1.82) is 0 Å². The number of nitrogens with one attached hydrogen (secondary N) is 3. The number of carbonyl (C=O) groups is 1. The van der Waals surface area contributed by atoms with Gasteiger partial charge in [0.1, 0.15) is 0 Å². The van der Waals surface area contributed by atoms with E-state index in [4.69, 9.17) is 5.73 Å². The second-order valence-corrected chi connectivity index (χ2v) is 6.78. The van der Waals surface area contributed by atoms with Crippen LogP contribution in [0.15, 0.2) is 42.5 Å². The molecular weight excluding hydrogens is 302 g/mol. The van der Waals surface area contributed by atoms with Gasteiger partial charge in [0.15, 0.2) is 5.82 Å². The lowest BCUT2D eigenvalue weighted by Gasteiger charge is -2.20. The highest BCUT2D eigenvalue weighted by atomic mass is 16.2. The fourth-order valence-corrected chi connectivity index (χ4v) is 2.46. The summed E-state index contributed by atoms with van der Waals surface area (Å²) in [6, 6.07) is 13.4. The number of carbonyl (C=O) groups excluding carboxylic acids is 1. The molecule has 1 heterocycles. The molecule has 2 aromatic carbocycles. The Morgan fingerprint density at radius 2 is 1.75 bits per heavy atom. The monoisotopic (exact) mass is 323 g/mol. The maximum atomic E-state index is 11.9. The summed E-state index contributed by atoms with van der Waals surface area (Å²) in [5.41, 5.74) is 9.32. The van der Waals surface area contributed by atoms with Crippen molar-refractivity contribution in [1.82, 2.24) is 15.5 Å². The molecule has 0 aliphatic rings. The fraction of sp³-hybridized carbons (Fsp3) is 0.222. The van der Waals surface area contributed by atoms with Crippen LogP contribution in [0.25, 0.3) is 22.0 Å². The smallest absolute Gasteiger partial charge is 0.319 e. The van der Waals surface area contributed by atoms with Gasteiger partial charge in [-0.25, -0.2) is 4.79 Å². The Morgan fingerprint density at radius 1 is 1.08 bits per heavy atom. The van der Waals surface area contributed by atoms with Crippen molar-refractivity contribution in [3.8, 4) is 11.1 Å². The van der Waals surface area contributed by atoms with Crippen LogP contribution in [0.2, 0.25) is 0 Å². The maximum Gasteiger partial charge on any atom is 0.319 e. The SMILES string of the molecule is CC(C)(C)NC(=O)Nc1ccc(-c2ccc3[nH]nc(N)c3c2)cc1. The van der Waals surface area contributed by atoms with E-state index in [-0.39, 0.29) is 11.6 Å². The number of nitrogens with two attached hydrogens (primary N) is 1. The van der Waals surface area contributed by atoms with E-state index in [2.05, 4.69) is 20.8 Å².